The van der Waals surface area contributed by atoms with Crippen LogP contribution in [0.1, 0.15) is 31.4 Å². The Morgan fingerprint density at radius 2 is 2.31 bits per heavy atom. The standard InChI is InChI=1S/C12H22N4/c1-9(11-5-4-6-13-8-11)7-12-15-14-10(2)16(12)3/h9,11,13H,4-8H2,1-3H3. The summed E-state index contributed by atoms with van der Waals surface area (Å²) < 4.78 is 2.10. The van der Waals surface area contributed by atoms with E-state index in [9.17, 15) is 0 Å². The minimum absolute atomic E-state index is 0.690. The van der Waals surface area contributed by atoms with Gasteiger partial charge in [0.2, 0.25) is 0 Å². The van der Waals surface area contributed by atoms with Gasteiger partial charge in [0, 0.05) is 13.5 Å². The van der Waals surface area contributed by atoms with E-state index >= 15 is 0 Å². The van der Waals surface area contributed by atoms with Crippen LogP contribution in [0, 0.1) is 18.8 Å². The number of nitrogens with zero attached hydrogens (tertiary/aromatic N) is 3. The molecule has 2 atom stereocenters. The summed E-state index contributed by atoms with van der Waals surface area (Å²) in [7, 11) is 2.05. The summed E-state index contributed by atoms with van der Waals surface area (Å²) in [6.07, 6.45) is 3.71. The Labute approximate surface area is 97.5 Å². The molecule has 1 fully saturated rings. The van der Waals surface area contributed by atoms with Gasteiger partial charge in [-0.3, -0.25) is 0 Å². The molecule has 0 radical (unpaired) electrons. The summed E-state index contributed by atoms with van der Waals surface area (Å²) in [5, 5.41) is 11.8. The molecule has 0 amide bonds. The molecule has 90 valence electrons. The summed E-state index contributed by atoms with van der Waals surface area (Å²) in [4.78, 5) is 0. The summed E-state index contributed by atoms with van der Waals surface area (Å²) in [6.45, 7) is 6.69. The molecule has 1 saturated heterocycles. The van der Waals surface area contributed by atoms with Crippen molar-refractivity contribution in [3.63, 3.8) is 0 Å². The molecule has 0 aliphatic carbocycles. The normalized spacial score (nSPS) is 23.3. The van der Waals surface area contributed by atoms with Crippen molar-refractivity contribution in [3.05, 3.63) is 11.6 Å². The molecule has 1 aliphatic heterocycles. The highest BCUT2D eigenvalue weighted by Gasteiger charge is 2.21. The van der Waals surface area contributed by atoms with Crippen molar-refractivity contribution in [2.24, 2.45) is 18.9 Å². The highest BCUT2D eigenvalue weighted by atomic mass is 15.3. The highest BCUT2D eigenvalue weighted by molar-refractivity contribution is 4.94. The van der Waals surface area contributed by atoms with E-state index < -0.39 is 0 Å². The lowest BCUT2D eigenvalue weighted by molar-refractivity contribution is 0.274. The van der Waals surface area contributed by atoms with Gasteiger partial charge in [0.05, 0.1) is 0 Å². The number of aryl methyl sites for hydroxylation is 1. The lowest BCUT2D eigenvalue weighted by Crippen LogP contribution is -2.34. The molecule has 2 heterocycles. The maximum absolute atomic E-state index is 4.24. The molecule has 0 aromatic carbocycles. The van der Waals surface area contributed by atoms with E-state index in [2.05, 4.69) is 34.1 Å². The van der Waals surface area contributed by atoms with Gasteiger partial charge in [0.1, 0.15) is 11.6 Å². The minimum Gasteiger partial charge on any atom is -0.318 e. The molecule has 1 aliphatic rings. The number of hydrogen-bond acceptors (Lipinski definition) is 3. The van der Waals surface area contributed by atoms with Crippen LogP contribution in [0.2, 0.25) is 0 Å². The van der Waals surface area contributed by atoms with E-state index in [4.69, 9.17) is 0 Å². The van der Waals surface area contributed by atoms with Gasteiger partial charge in [0.25, 0.3) is 0 Å². The van der Waals surface area contributed by atoms with Crippen LogP contribution >= 0.6 is 0 Å². The van der Waals surface area contributed by atoms with Crippen LogP contribution in [-0.4, -0.2) is 27.9 Å². The van der Waals surface area contributed by atoms with E-state index in [0.29, 0.717) is 5.92 Å². The molecule has 1 N–H and O–H groups in total. The second-order valence-corrected chi connectivity index (χ2v) is 5.01. The molecule has 1 aromatic heterocycles. The summed E-state index contributed by atoms with van der Waals surface area (Å²) in [5.74, 6) is 3.61. The van der Waals surface area contributed by atoms with Crippen LogP contribution in [0.3, 0.4) is 0 Å². The smallest absolute Gasteiger partial charge is 0.133 e. The lowest BCUT2D eigenvalue weighted by Gasteiger charge is -2.28. The Kier molecular flexibility index (Phi) is 3.59. The number of rotatable bonds is 3. The Morgan fingerprint density at radius 3 is 2.88 bits per heavy atom. The van der Waals surface area contributed by atoms with Gasteiger partial charge in [-0.05, 0) is 44.7 Å². The third-order valence-corrected chi connectivity index (χ3v) is 3.83. The van der Waals surface area contributed by atoms with Crippen LogP contribution in [0.25, 0.3) is 0 Å². The van der Waals surface area contributed by atoms with Gasteiger partial charge in [-0.2, -0.15) is 0 Å². The Balaban J connectivity index is 1.95. The summed E-state index contributed by atoms with van der Waals surface area (Å²) in [6, 6.07) is 0. The molecular weight excluding hydrogens is 200 g/mol. The Morgan fingerprint density at radius 1 is 1.50 bits per heavy atom. The zero-order valence-corrected chi connectivity index (χ0v) is 10.5. The molecule has 2 rings (SSSR count). The van der Waals surface area contributed by atoms with E-state index in [1.165, 1.54) is 19.4 Å². The first-order chi connectivity index (χ1) is 7.68. The van der Waals surface area contributed by atoms with Crippen molar-refractivity contribution >= 4 is 0 Å². The van der Waals surface area contributed by atoms with E-state index in [1.807, 2.05) is 6.92 Å². The maximum atomic E-state index is 4.24. The highest BCUT2D eigenvalue weighted by Crippen LogP contribution is 2.22. The molecule has 2 unspecified atom stereocenters. The second-order valence-electron chi connectivity index (χ2n) is 5.01. The lowest BCUT2D eigenvalue weighted by atomic mass is 9.85. The monoisotopic (exact) mass is 222 g/mol. The number of piperidine rings is 1. The second kappa shape index (κ2) is 4.95. The fourth-order valence-electron chi connectivity index (χ4n) is 2.45. The zero-order chi connectivity index (χ0) is 11.5. The van der Waals surface area contributed by atoms with Crippen LogP contribution in [-0.2, 0) is 13.5 Å². The molecule has 0 bridgehead atoms. The third kappa shape index (κ3) is 2.43. The van der Waals surface area contributed by atoms with E-state index in [-0.39, 0.29) is 0 Å². The first-order valence-corrected chi connectivity index (χ1v) is 6.24. The topological polar surface area (TPSA) is 42.7 Å². The fourth-order valence-corrected chi connectivity index (χ4v) is 2.45. The SMILES string of the molecule is Cc1nnc(CC(C)C2CCCNC2)n1C. The van der Waals surface area contributed by atoms with Crippen molar-refractivity contribution in [2.45, 2.75) is 33.1 Å². The average Bonchev–Trinajstić information content (AvgIpc) is 2.62. The first kappa shape index (κ1) is 11.6. The third-order valence-electron chi connectivity index (χ3n) is 3.83. The fraction of sp³-hybridized carbons (Fsp3) is 0.833. The largest absolute Gasteiger partial charge is 0.318 e. The number of nitrogens with one attached hydrogen (secondary N) is 1. The predicted molar refractivity (Wildman–Crippen MR) is 64.2 cm³/mol. The average molecular weight is 222 g/mol. The van der Waals surface area contributed by atoms with Crippen molar-refractivity contribution < 1.29 is 0 Å². The van der Waals surface area contributed by atoms with Crippen molar-refractivity contribution in [1.82, 2.24) is 20.1 Å². The Hall–Kier alpha value is -0.900. The van der Waals surface area contributed by atoms with Crippen LogP contribution in [0.5, 0.6) is 0 Å². The quantitative estimate of drug-likeness (QED) is 0.838. The van der Waals surface area contributed by atoms with Crippen molar-refractivity contribution in [3.8, 4) is 0 Å². The van der Waals surface area contributed by atoms with Gasteiger partial charge in [-0.25, -0.2) is 0 Å². The van der Waals surface area contributed by atoms with Gasteiger partial charge in [-0.1, -0.05) is 6.92 Å². The minimum atomic E-state index is 0.690. The van der Waals surface area contributed by atoms with Gasteiger partial charge in [-0.15, -0.1) is 10.2 Å². The maximum Gasteiger partial charge on any atom is 0.133 e. The van der Waals surface area contributed by atoms with E-state index in [1.54, 1.807) is 0 Å². The van der Waals surface area contributed by atoms with Gasteiger partial charge >= 0.3 is 0 Å². The summed E-state index contributed by atoms with van der Waals surface area (Å²) in [5.41, 5.74) is 0. The van der Waals surface area contributed by atoms with Crippen LogP contribution in [0.15, 0.2) is 0 Å². The van der Waals surface area contributed by atoms with E-state index in [0.717, 1.165) is 30.5 Å². The molecule has 0 saturated carbocycles. The predicted octanol–water partition coefficient (Wildman–Crippen LogP) is 1.30. The molecule has 4 heteroatoms. The van der Waals surface area contributed by atoms with Crippen molar-refractivity contribution in [1.29, 1.82) is 0 Å². The molecule has 1 aromatic rings. The summed E-state index contributed by atoms with van der Waals surface area (Å²) >= 11 is 0. The van der Waals surface area contributed by atoms with Crippen molar-refractivity contribution in [2.75, 3.05) is 13.1 Å². The van der Waals surface area contributed by atoms with Crippen LogP contribution in [0.4, 0.5) is 0 Å². The van der Waals surface area contributed by atoms with Crippen LogP contribution < -0.4 is 5.32 Å². The van der Waals surface area contributed by atoms with Gasteiger partial charge in [0.15, 0.2) is 0 Å². The first-order valence-electron chi connectivity index (χ1n) is 6.24. The number of hydrogen-bond donors (Lipinski definition) is 1. The molecular formula is C12H22N4. The molecule has 0 spiro atoms. The molecule has 4 nitrogen and oxygen atoms in total. The van der Waals surface area contributed by atoms with Gasteiger partial charge < -0.3 is 9.88 Å². The zero-order valence-electron chi connectivity index (χ0n) is 10.5. The molecule has 16 heavy (non-hydrogen) atoms. The Bertz CT molecular complexity index is 339. The number of aromatic nitrogens is 3.